The van der Waals surface area contributed by atoms with E-state index in [4.69, 9.17) is 4.74 Å². The summed E-state index contributed by atoms with van der Waals surface area (Å²) in [6.45, 7) is 3.82. The number of benzene rings is 2. The minimum Gasteiger partial charge on any atom is -0.507 e. The van der Waals surface area contributed by atoms with Gasteiger partial charge in [0.25, 0.3) is 0 Å². The van der Waals surface area contributed by atoms with Crippen molar-refractivity contribution in [2.45, 2.75) is 13.8 Å². The number of carbonyl (C=O) groups excluding carboxylic acids is 1. The van der Waals surface area contributed by atoms with Crippen LogP contribution in [0.2, 0.25) is 0 Å². The Balaban J connectivity index is 2.26. The molecule has 0 saturated carbocycles. The van der Waals surface area contributed by atoms with Crippen molar-refractivity contribution in [1.29, 1.82) is 0 Å². The molecule has 2 rings (SSSR count). The zero-order valence-electron chi connectivity index (χ0n) is 11.5. The molecule has 0 radical (unpaired) electrons. The molecule has 0 unspecified atom stereocenters. The zero-order valence-corrected chi connectivity index (χ0v) is 11.5. The molecule has 3 heteroatoms. The molecule has 0 amide bonds. The normalized spacial score (nSPS) is 9.90. The molecule has 0 aliphatic heterocycles. The number of phenolic OH excluding ortho intramolecular Hbond substituents is 1. The Labute approximate surface area is 118 Å². The average molecular weight is 268 g/mol. The number of hydrogen-bond acceptors (Lipinski definition) is 3. The summed E-state index contributed by atoms with van der Waals surface area (Å²) in [6.07, 6.45) is 1.59. The third-order valence-electron chi connectivity index (χ3n) is 2.68. The first-order valence-corrected chi connectivity index (χ1v) is 6.30. The third kappa shape index (κ3) is 3.26. The van der Waals surface area contributed by atoms with Gasteiger partial charge >= 0.3 is 0 Å². The maximum atomic E-state index is 12.2. The molecule has 3 nitrogen and oxygen atoms in total. The van der Waals surface area contributed by atoms with E-state index in [-0.39, 0.29) is 17.1 Å². The standard InChI is InChI=1S/C17H16O3/c1-12(2)11-20-14-8-9-15(16(18)10-14)17(19)13-6-4-3-5-7-13/h3-11,18H,1-2H3. The van der Waals surface area contributed by atoms with Crippen LogP contribution in [0.25, 0.3) is 0 Å². The van der Waals surface area contributed by atoms with Crippen molar-refractivity contribution in [3.05, 3.63) is 71.5 Å². The van der Waals surface area contributed by atoms with Gasteiger partial charge in [-0.1, -0.05) is 30.3 Å². The van der Waals surface area contributed by atoms with Crippen LogP contribution < -0.4 is 4.74 Å². The molecule has 2 aromatic rings. The van der Waals surface area contributed by atoms with Gasteiger partial charge in [0.1, 0.15) is 11.5 Å². The second kappa shape index (κ2) is 6.06. The lowest BCUT2D eigenvalue weighted by Gasteiger charge is -2.06. The Morgan fingerprint density at radius 1 is 1.10 bits per heavy atom. The van der Waals surface area contributed by atoms with Crippen molar-refractivity contribution < 1.29 is 14.6 Å². The van der Waals surface area contributed by atoms with Crippen LogP contribution in [0.5, 0.6) is 11.5 Å². The fourth-order valence-corrected chi connectivity index (χ4v) is 1.71. The van der Waals surface area contributed by atoms with Gasteiger partial charge in [-0.3, -0.25) is 4.79 Å². The van der Waals surface area contributed by atoms with Crippen molar-refractivity contribution >= 4 is 5.78 Å². The van der Waals surface area contributed by atoms with Gasteiger partial charge in [0, 0.05) is 11.6 Å². The highest BCUT2D eigenvalue weighted by atomic mass is 16.5. The molecule has 0 heterocycles. The topological polar surface area (TPSA) is 46.5 Å². The zero-order chi connectivity index (χ0) is 14.5. The van der Waals surface area contributed by atoms with E-state index >= 15 is 0 Å². The van der Waals surface area contributed by atoms with Gasteiger partial charge in [-0.25, -0.2) is 0 Å². The van der Waals surface area contributed by atoms with Gasteiger partial charge in [0.05, 0.1) is 11.8 Å². The average Bonchev–Trinajstić information content (AvgIpc) is 2.45. The number of phenols is 1. The predicted octanol–water partition coefficient (Wildman–Crippen LogP) is 3.93. The van der Waals surface area contributed by atoms with E-state index in [1.54, 1.807) is 42.7 Å². The fourth-order valence-electron chi connectivity index (χ4n) is 1.71. The monoisotopic (exact) mass is 268 g/mol. The molecule has 0 aromatic heterocycles. The highest BCUT2D eigenvalue weighted by molar-refractivity contribution is 6.10. The molecule has 20 heavy (non-hydrogen) atoms. The summed E-state index contributed by atoms with van der Waals surface area (Å²) < 4.78 is 5.36. The van der Waals surface area contributed by atoms with E-state index in [2.05, 4.69) is 0 Å². The molecule has 0 saturated heterocycles. The van der Waals surface area contributed by atoms with Crippen molar-refractivity contribution in [1.82, 2.24) is 0 Å². The van der Waals surface area contributed by atoms with E-state index in [0.717, 1.165) is 5.57 Å². The number of ketones is 1. The second-order valence-electron chi connectivity index (χ2n) is 4.69. The van der Waals surface area contributed by atoms with Gasteiger partial charge in [-0.15, -0.1) is 0 Å². The molecular weight excluding hydrogens is 252 g/mol. The van der Waals surface area contributed by atoms with Crippen LogP contribution in [0.4, 0.5) is 0 Å². The maximum absolute atomic E-state index is 12.2. The number of rotatable bonds is 4. The van der Waals surface area contributed by atoms with E-state index in [1.165, 1.54) is 6.07 Å². The van der Waals surface area contributed by atoms with E-state index in [0.29, 0.717) is 11.3 Å². The molecule has 1 N–H and O–H groups in total. The molecule has 0 aliphatic carbocycles. The first kappa shape index (κ1) is 13.9. The first-order chi connectivity index (χ1) is 9.58. The summed E-state index contributed by atoms with van der Waals surface area (Å²) in [4.78, 5) is 12.2. The smallest absolute Gasteiger partial charge is 0.196 e. The summed E-state index contributed by atoms with van der Waals surface area (Å²) in [6, 6.07) is 13.5. The molecule has 0 spiro atoms. The summed E-state index contributed by atoms with van der Waals surface area (Å²) in [5.41, 5.74) is 1.82. The number of hydrogen-bond donors (Lipinski definition) is 1. The summed E-state index contributed by atoms with van der Waals surface area (Å²) in [7, 11) is 0. The van der Waals surface area contributed by atoms with Gasteiger partial charge in [0.2, 0.25) is 0 Å². The lowest BCUT2D eigenvalue weighted by atomic mass is 10.0. The van der Waals surface area contributed by atoms with Crippen molar-refractivity contribution in [2.75, 3.05) is 0 Å². The van der Waals surface area contributed by atoms with Crippen LogP contribution in [0, 0.1) is 0 Å². The lowest BCUT2D eigenvalue weighted by molar-refractivity contribution is 0.103. The molecule has 0 fully saturated rings. The quantitative estimate of drug-likeness (QED) is 0.675. The number of ether oxygens (including phenoxy) is 1. The number of allylic oxidation sites excluding steroid dienone is 1. The molecule has 0 bridgehead atoms. The van der Waals surface area contributed by atoms with Gasteiger partial charge in [-0.05, 0) is 31.6 Å². The third-order valence-corrected chi connectivity index (χ3v) is 2.68. The van der Waals surface area contributed by atoms with Crippen LogP contribution in [-0.2, 0) is 0 Å². The first-order valence-electron chi connectivity index (χ1n) is 6.30. The molecule has 2 aromatic carbocycles. The molecule has 102 valence electrons. The van der Waals surface area contributed by atoms with Gasteiger partial charge in [-0.2, -0.15) is 0 Å². The predicted molar refractivity (Wildman–Crippen MR) is 78.0 cm³/mol. The number of carbonyl (C=O) groups is 1. The second-order valence-corrected chi connectivity index (χ2v) is 4.69. The fraction of sp³-hybridized carbons (Fsp3) is 0.118. The van der Waals surface area contributed by atoms with Crippen LogP contribution in [0.3, 0.4) is 0 Å². The molecule has 0 aliphatic rings. The van der Waals surface area contributed by atoms with Crippen molar-refractivity contribution in [3.8, 4) is 11.5 Å². The van der Waals surface area contributed by atoms with Crippen molar-refractivity contribution in [3.63, 3.8) is 0 Å². The summed E-state index contributed by atoms with van der Waals surface area (Å²) in [5, 5.41) is 9.97. The Bertz CT molecular complexity index is 639. The van der Waals surface area contributed by atoms with Crippen LogP contribution in [0.15, 0.2) is 60.4 Å². The minimum absolute atomic E-state index is 0.0847. The molecular formula is C17H16O3. The highest BCUT2D eigenvalue weighted by Crippen LogP contribution is 2.26. The Kier molecular flexibility index (Phi) is 4.20. The van der Waals surface area contributed by atoms with E-state index in [9.17, 15) is 9.90 Å². The Morgan fingerprint density at radius 2 is 1.80 bits per heavy atom. The Hall–Kier alpha value is -2.55. The highest BCUT2D eigenvalue weighted by Gasteiger charge is 2.13. The molecule has 0 atom stereocenters. The van der Waals surface area contributed by atoms with E-state index in [1.807, 2.05) is 19.9 Å². The van der Waals surface area contributed by atoms with Crippen LogP contribution in [0.1, 0.15) is 29.8 Å². The van der Waals surface area contributed by atoms with Crippen LogP contribution in [-0.4, -0.2) is 10.9 Å². The summed E-state index contributed by atoms with van der Waals surface area (Å²) >= 11 is 0. The minimum atomic E-state index is -0.211. The van der Waals surface area contributed by atoms with E-state index < -0.39 is 0 Å². The Morgan fingerprint density at radius 3 is 2.40 bits per heavy atom. The lowest BCUT2D eigenvalue weighted by Crippen LogP contribution is -2.01. The largest absolute Gasteiger partial charge is 0.507 e. The number of aromatic hydroxyl groups is 1. The maximum Gasteiger partial charge on any atom is 0.196 e. The van der Waals surface area contributed by atoms with Gasteiger partial charge < -0.3 is 9.84 Å². The summed E-state index contributed by atoms with van der Waals surface area (Å²) in [5.74, 6) is 0.198. The SMILES string of the molecule is CC(C)=COc1ccc(C(=O)c2ccccc2)c(O)c1. The van der Waals surface area contributed by atoms with Crippen LogP contribution >= 0.6 is 0 Å². The van der Waals surface area contributed by atoms with Gasteiger partial charge in [0.15, 0.2) is 5.78 Å². The van der Waals surface area contributed by atoms with Crippen molar-refractivity contribution in [2.24, 2.45) is 0 Å².